The van der Waals surface area contributed by atoms with E-state index in [1.54, 1.807) is 0 Å². The zero-order chi connectivity index (χ0) is 11.4. The van der Waals surface area contributed by atoms with Crippen molar-refractivity contribution in [2.24, 2.45) is 7.05 Å². The van der Waals surface area contributed by atoms with Crippen molar-refractivity contribution in [2.75, 3.05) is 17.6 Å². The molecule has 1 heterocycles. The summed E-state index contributed by atoms with van der Waals surface area (Å²) in [5, 5.41) is 2.92. The van der Waals surface area contributed by atoms with Crippen LogP contribution in [0.2, 0.25) is 0 Å². The van der Waals surface area contributed by atoms with E-state index >= 15 is 0 Å². The van der Waals surface area contributed by atoms with Gasteiger partial charge in [0.25, 0.3) is 5.56 Å². The molecule has 6 nitrogen and oxygen atoms in total. The lowest BCUT2D eigenvalue weighted by molar-refractivity contribution is 0.800. The van der Waals surface area contributed by atoms with Crippen LogP contribution in [0.25, 0.3) is 0 Å². The molecule has 4 N–H and O–H groups in total. The van der Waals surface area contributed by atoms with Crippen molar-refractivity contribution < 1.29 is 0 Å². The standard InChI is InChI=1S/C9H16N4O2/c1-3-4-5-11-6-7(10)13(2)9(15)12-8(6)14/h11H,3-5,10H2,1-2H3,(H,12,14,15). The van der Waals surface area contributed by atoms with Gasteiger partial charge in [-0.05, 0) is 6.42 Å². The summed E-state index contributed by atoms with van der Waals surface area (Å²) in [6.45, 7) is 2.72. The van der Waals surface area contributed by atoms with E-state index in [4.69, 9.17) is 5.73 Å². The molecule has 1 rings (SSSR count). The van der Waals surface area contributed by atoms with Gasteiger partial charge in [0, 0.05) is 13.6 Å². The summed E-state index contributed by atoms with van der Waals surface area (Å²) in [5.41, 5.74) is 4.95. The molecular formula is C9H16N4O2. The summed E-state index contributed by atoms with van der Waals surface area (Å²) in [7, 11) is 1.51. The molecule has 0 radical (unpaired) electrons. The van der Waals surface area contributed by atoms with Gasteiger partial charge in [-0.2, -0.15) is 0 Å². The van der Waals surface area contributed by atoms with Crippen molar-refractivity contribution in [3.63, 3.8) is 0 Å². The Balaban J connectivity index is 3.02. The van der Waals surface area contributed by atoms with Crippen LogP contribution in [0.3, 0.4) is 0 Å². The van der Waals surface area contributed by atoms with Crippen LogP contribution >= 0.6 is 0 Å². The van der Waals surface area contributed by atoms with E-state index in [-0.39, 0.29) is 11.5 Å². The highest BCUT2D eigenvalue weighted by Gasteiger charge is 2.08. The molecule has 0 aromatic carbocycles. The molecule has 0 saturated heterocycles. The quantitative estimate of drug-likeness (QED) is 0.606. The molecule has 0 bridgehead atoms. The van der Waals surface area contributed by atoms with Crippen LogP contribution in [0.15, 0.2) is 9.59 Å². The number of aromatic amines is 1. The first-order chi connectivity index (χ1) is 7.07. The third-order valence-corrected chi connectivity index (χ3v) is 2.20. The van der Waals surface area contributed by atoms with Crippen molar-refractivity contribution in [1.29, 1.82) is 0 Å². The van der Waals surface area contributed by atoms with Gasteiger partial charge in [0.05, 0.1) is 0 Å². The van der Waals surface area contributed by atoms with Crippen molar-refractivity contribution >= 4 is 11.5 Å². The van der Waals surface area contributed by atoms with E-state index in [0.717, 1.165) is 12.8 Å². The SMILES string of the molecule is CCCCNc1c(N)n(C)c(=O)[nH]c1=O. The molecule has 1 aromatic rings. The maximum atomic E-state index is 11.4. The number of hydrogen-bond donors (Lipinski definition) is 3. The molecule has 0 fully saturated rings. The number of nitrogen functional groups attached to an aromatic ring is 1. The van der Waals surface area contributed by atoms with Gasteiger partial charge in [-0.25, -0.2) is 4.79 Å². The van der Waals surface area contributed by atoms with Crippen LogP contribution in [0.4, 0.5) is 11.5 Å². The van der Waals surface area contributed by atoms with Crippen molar-refractivity contribution in [1.82, 2.24) is 9.55 Å². The van der Waals surface area contributed by atoms with Crippen LogP contribution in [-0.4, -0.2) is 16.1 Å². The molecule has 1 aromatic heterocycles. The second-order valence-electron chi connectivity index (χ2n) is 3.36. The maximum Gasteiger partial charge on any atom is 0.329 e. The van der Waals surface area contributed by atoms with Crippen LogP contribution in [0, 0.1) is 0 Å². The van der Waals surface area contributed by atoms with Gasteiger partial charge in [-0.3, -0.25) is 14.3 Å². The molecule has 6 heteroatoms. The Hall–Kier alpha value is -1.72. The van der Waals surface area contributed by atoms with E-state index in [9.17, 15) is 9.59 Å². The van der Waals surface area contributed by atoms with Crippen LogP contribution in [-0.2, 0) is 7.05 Å². The average molecular weight is 212 g/mol. The zero-order valence-electron chi connectivity index (χ0n) is 8.96. The Morgan fingerprint density at radius 2 is 2.13 bits per heavy atom. The first kappa shape index (κ1) is 11.4. The monoisotopic (exact) mass is 212 g/mol. The fourth-order valence-electron chi connectivity index (χ4n) is 1.20. The Kier molecular flexibility index (Phi) is 3.54. The van der Waals surface area contributed by atoms with Crippen LogP contribution < -0.4 is 22.3 Å². The van der Waals surface area contributed by atoms with E-state index in [1.165, 1.54) is 11.6 Å². The third kappa shape index (κ3) is 2.39. The molecule has 0 amide bonds. The number of nitrogens with one attached hydrogen (secondary N) is 2. The van der Waals surface area contributed by atoms with E-state index in [0.29, 0.717) is 6.54 Å². The van der Waals surface area contributed by atoms with Crippen LogP contribution in [0.5, 0.6) is 0 Å². The van der Waals surface area contributed by atoms with E-state index < -0.39 is 11.2 Å². The molecular weight excluding hydrogens is 196 g/mol. The third-order valence-electron chi connectivity index (χ3n) is 2.20. The fraction of sp³-hybridized carbons (Fsp3) is 0.556. The van der Waals surface area contributed by atoms with Gasteiger partial charge in [0.15, 0.2) is 0 Å². The van der Waals surface area contributed by atoms with Crippen LogP contribution in [0.1, 0.15) is 19.8 Å². The fourth-order valence-corrected chi connectivity index (χ4v) is 1.20. The van der Waals surface area contributed by atoms with Crippen molar-refractivity contribution in [3.05, 3.63) is 20.8 Å². The lowest BCUT2D eigenvalue weighted by Crippen LogP contribution is -2.32. The molecule has 0 atom stereocenters. The Morgan fingerprint density at radius 3 is 2.73 bits per heavy atom. The Labute approximate surface area is 87.1 Å². The van der Waals surface area contributed by atoms with Gasteiger partial charge >= 0.3 is 5.69 Å². The summed E-state index contributed by atoms with van der Waals surface area (Å²) in [5.74, 6) is 0.167. The van der Waals surface area contributed by atoms with E-state index in [1.807, 2.05) is 0 Å². The summed E-state index contributed by atoms with van der Waals surface area (Å²) in [4.78, 5) is 24.7. The largest absolute Gasteiger partial charge is 0.383 e. The summed E-state index contributed by atoms with van der Waals surface area (Å²) >= 11 is 0. The molecule has 0 aliphatic rings. The summed E-state index contributed by atoms with van der Waals surface area (Å²) in [6.07, 6.45) is 1.97. The second-order valence-corrected chi connectivity index (χ2v) is 3.36. The van der Waals surface area contributed by atoms with Crippen molar-refractivity contribution in [3.8, 4) is 0 Å². The number of nitrogens with two attached hydrogens (primary N) is 1. The minimum absolute atomic E-state index is 0.167. The minimum atomic E-state index is -0.501. The van der Waals surface area contributed by atoms with Gasteiger partial charge < -0.3 is 11.1 Å². The molecule has 15 heavy (non-hydrogen) atoms. The number of H-pyrrole nitrogens is 1. The molecule has 0 aliphatic carbocycles. The first-order valence-electron chi connectivity index (χ1n) is 4.90. The zero-order valence-corrected chi connectivity index (χ0v) is 8.96. The molecule has 84 valence electrons. The topological polar surface area (TPSA) is 92.9 Å². The maximum absolute atomic E-state index is 11.4. The van der Waals surface area contributed by atoms with Gasteiger partial charge in [-0.1, -0.05) is 13.3 Å². The Bertz CT molecular complexity index is 446. The minimum Gasteiger partial charge on any atom is -0.383 e. The number of hydrogen-bond acceptors (Lipinski definition) is 4. The molecule has 0 aliphatic heterocycles. The molecule has 0 unspecified atom stereocenters. The number of anilines is 2. The number of nitrogens with zero attached hydrogens (tertiary/aromatic N) is 1. The first-order valence-corrected chi connectivity index (χ1v) is 4.90. The van der Waals surface area contributed by atoms with E-state index in [2.05, 4.69) is 17.2 Å². The Morgan fingerprint density at radius 1 is 1.47 bits per heavy atom. The highest BCUT2D eigenvalue weighted by Crippen LogP contribution is 2.07. The lowest BCUT2D eigenvalue weighted by Gasteiger charge is -2.09. The normalized spacial score (nSPS) is 10.3. The lowest BCUT2D eigenvalue weighted by atomic mass is 10.3. The molecule has 0 spiro atoms. The smallest absolute Gasteiger partial charge is 0.329 e. The van der Waals surface area contributed by atoms with Gasteiger partial charge in [0.2, 0.25) is 0 Å². The predicted octanol–water partition coefficient (Wildman–Crippen LogP) is -0.132. The summed E-state index contributed by atoms with van der Waals surface area (Å²) < 4.78 is 1.20. The number of rotatable bonds is 4. The van der Waals surface area contributed by atoms with Gasteiger partial charge in [-0.15, -0.1) is 0 Å². The summed E-state index contributed by atoms with van der Waals surface area (Å²) in [6, 6.07) is 0. The number of unbranched alkanes of at least 4 members (excludes halogenated alkanes) is 1. The molecule has 0 saturated carbocycles. The predicted molar refractivity (Wildman–Crippen MR) is 60.1 cm³/mol. The highest BCUT2D eigenvalue weighted by atomic mass is 16.2. The number of aromatic nitrogens is 2. The van der Waals surface area contributed by atoms with Crippen molar-refractivity contribution in [2.45, 2.75) is 19.8 Å². The highest BCUT2D eigenvalue weighted by molar-refractivity contribution is 5.60. The average Bonchev–Trinajstić information content (AvgIpc) is 2.20. The second kappa shape index (κ2) is 4.68. The van der Waals surface area contributed by atoms with Gasteiger partial charge in [0.1, 0.15) is 11.5 Å².